The van der Waals surface area contributed by atoms with E-state index in [4.69, 9.17) is 16.3 Å². The number of carbonyl (C=O) groups excluding carboxylic acids is 1. The summed E-state index contributed by atoms with van der Waals surface area (Å²) in [4.78, 5) is 24.9. The number of nitrogens with zero attached hydrogens (tertiary/aromatic N) is 2. The molecule has 27 heavy (non-hydrogen) atoms. The molecule has 1 unspecified atom stereocenters. The van der Waals surface area contributed by atoms with Crippen LogP contribution in [0, 0.1) is 16.0 Å². The molecule has 1 fully saturated rings. The lowest BCUT2D eigenvalue weighted by Crippen LogP contribution is -2.42. The highest BCUT2D eigenvalue weighted by Crippen LogP contribution is 2.36. The molecule has 3 rings (SSSR count). The van der Waals surface area contributed by atoms with Crippen LogP contribution >= 0.6 is 11.6 Å². The van der Waals surface area contributed by atoms with E-state index in [0.29, 0.717) is 12.5 Å². The van der Waals surface area contributed by atoms with Crippen LogP contribution in [0.5, 0.6) is 5.75 Å². The third-order valence-electron chi connectivity index (χ3n) is 4.79. The summed E-state index contributed by atoms with van der Waals surface area (Å²) in [5.41, 5.74) is 0.943. The maximum Gasteiger partial charge on any atom is 0.271 e. The molecule has 6 nitrogen and oxygen atoms in total. The molecule has 2 aromatic rings. The largest absolute Gasteiger partial charge is 0.482 e. The van der Waals surface area contributed by atoms with Gasteiger partial charge in [0, 0.05) is 24.7 Å². The van der Waals surface area contributed by atoms with Gasteiger partial charge in [0.05, 0.1) is 9.95 Å². The van der Waals surface area contributed by atoms with Crippen molar-refractivity contribution in [2.45, 2.75) is 32.4 Å². The molecule has 0 bridgehead atoms. The quantitative estimate of drug-likeness (QED) is 0.494. The summed E-state index contributed by atoms with van der Waals surface area (Å²) in [6.45, 7) is 2.42. The Hall–Kier alpha value is -2.60. The topological polar surface area (TPSA) is 72.7 Å². The van der Waals surface area contributed by atoms with Crippen molar-refractivity contribution in [3.63, 3.8) is 0 Å². The second-order valence-corrected chi connectivity index (χ2v) is 7.15. The van der Waals surface area contributed by atoms with Gasteiger partial charge in [-0.3, -0.25) is 14.9 Å². The highest BCUT2D eigenvalue weighted by molar-refractivity contribution is 6.32. The Kier molecular flexibility index (Phi) is 5.96. The van der Waals surface area contributed by atoms with E-state index in [-0.39, 0.29) is 35.0 Å². The van der Waals surface area contributed by atoms with Crippen molar-refractivity contribution in [3.8, 4) is 5.75 Å². The molecule has 0 spiro atoms. The van der Waals surface area contributed by atoms with E-state index in [1.165, 1.54) is 18.2 Å². The molecule has 1 saturated carbocycles. The minimum atomic E-state index is -0.528. The molecule has 0 aromatic heterocycles. The van der Waals surface area contributed by atoms with Gasteiger partial charge in [-0.1, -0.05) is 41.9 Å². The number of rotatable bonds is 8. The smallest absolute Gasteiger partial charge is 0.271 e. The van der Waals surface area contributed by atoms with Gasteiger partial charge >= 0.3 is 0 Å². The van der Waals surface area contributed by atoms with Gasteiger partial charge in [0.15, 0.2) is 6.61 Å². The summed E-state index contributed by atoms with van der Waals surface area (Å²) in [7, 11) is 0. The van der Waals surface area contributed by atoms with Crippen LogP contribution in [0.2, 0.25) is 5.02 Å². The standard InChI is InChI=1S/C20H21ClN2O4/c1-14(16-7-8-16)22(12-15-5-3-2-4-6-15)20(24)13-27-19-10-9-17(23(25)26)11-18(19)21/h2-6,9-11,14,16H,7-8,12-13H2,1H3. The van der Waals surface area contributed by atoms with Gasteiger partial charge in [-0.15, -0.1) is 0 Å². The number of ether oxygens (including phenoxy) is 1. The maximum absolute atomic E-state index is 12.8. The molecule has 1 atom stereocenters. The first-order valence-electron chi connectivity index (χ1n) is 8.86. The minimum absolute atomic E-state index is 0.113. The van der Waals surface area contributed by atoms with E-state index >= 15 is 0 Å². The van der Waals surface area contributed by atoms with E-state index in [0.717, 1.165) is 18.4 Å². The zero-order valence-electron chi connectivity index (χ0n) is 15.0. The number of hydrogen-bond donors (Lipinski definition) is 0. The number of non-ortho nitro benzene ring substituents is 1. The first kappa shape index (κ1) is 19.2. The second-order valence-electron chi connectivity index (χ2n) is 6.75. The number of benzene rings is 2. The molecule has 1 aliphatic rings. The van der Waals surface area contributed by atoms with Gasteiger partial charge in [-0.2, -0.15) is 0 Å². The van der Waals surface area contributed by atoms with Crippen LogP contribution in [-0.2, 0) is 11.3 Å². The Bertz CT molecular complexity index is 824. The molecule has 0 aliphatic heterocycles. The van der Waals surface area contributed by atoms with E-state index in [1.54, 1.807) is 0 Å². The molecule has 1 aliphatic carbocycles. The highest BCUT2D eigenvalue weighted by Gasteiger charge is 2.34. The average Bonchev–Trinajstić information content (AvgIpc) is 3.50. The van der Waals surface area contributed by atoms with E-state index in [1.807, 2.05) is 35.2 Å². The van der Waals surface area contributed by atoms with Gasteiger partial charge in [0.1, 0.15) is 5.75 Å². The van der Waals surface area contributed by atoms with Crippen molar-refractivity contribution < 1.29 is 14.5 Å². The maximum atomic E-state index is 12.8. The summed E-state index contributed by atoms with van der Waals surface area (Å²) in [5.74, 6) is 0.655. The predicted molar refractivity (Wildman–Crippen MR) is 103 cm³/mol. The zero-order chi connectivity index (χ0) is 19.4. The van der Waals surface area contributed by atoms with E-state index in [9.17, 15) is 14.9 Å². The average molecular weight is 389 g/mol. The molecule has 1 amide bonds. The number of carbonyl (C=O) groups is 1. The van der Waals surface area contributed by atoms with Gasteiger partial charge in [0.25, 0.3) is 11.6 Å². The Labute approximate surface area is 162 Å². The van der Waals surface area contributed by atoms with Crippen LogP contribution in [-0.4, -0.2) is 28.4 Å². The molecule has 2 aromatic carbocycles. The second kappa shape index (κ2) is 8.39. The summed E-state index contributed by atoms with van der Waals surface area (Å²) in [6, 6.07) is 13.9. The van der Waals surface area contributed by atoms with Crippen molar-refractivity contribution in [2.75, 3.05) is 6.61 Å². The molecule has 0 heterocycles. The van der Waals surface area contributed by atoms with Crippen LogP contribution in [0.3, 0.4) is 0 Å². The monoisotopic (exact) mass is 388 g/mol. The van der Waals surface area contributed by atoms with Crippen LogP contribution in [0.4, 0.5) is 5.69 Å². The molecule has 142 valence electrons. The third kappa shape index (κ3) is 4.98. The van der Waals surface area contributed by atoms with Gasteiger partial charge in [-0.05, 0) is 37.3 Å². The lowest BCUT2D eigenvalue weighted by molar-refractivity contribution is -0.384. The number of hydrogen-bond acceptors (Lipinski definition) is 4. The Morgan fingerprint density at radius 2 is 2.00 bits per heavy atom. The fraction of sp³-hybridized carbons (Fsp3) is 0.350. The molecule has 7 heteroatoms. The van der Waals surface area contributed by atoms with Gasteiger partial charge in [-0.25, -0.2) is 0 Å². The third-order valence-corrected chi connectivity index (χ3v) is 5.08. The SMILES string of the molecule is CC(C1CC1)N(Cc1ccccc1)C(=O)COc1ccc([N+](=O)[O-])cc1Cl. The van der Waals surface area contributed by atoms with Crippen molar-refractivity contribution in [1.82, 2.24) is 4.90 Å². The van der Waals surface area contributed by atoms with Gasteiger partial charge < -0.3 is 9.64 Å². The number of nitro benzene ring substituents is 1. The molecular weight excluding hydrogens is 368 g/mol. The molecular formula is C20H21ClN2O4. The fourth-order valence-corrected chi connectivity index (χ4v) is 3.24. The van der Waals surface area contributed by atoms with Crippen LogP contribution < -0.4 is 4.74 Å². The Morgan fingerprint density at radius 3 is 2.59 bits per heavy atom. The number of halogens is 1. The lowest BCUT2D eigenvalue weighted by Gasteiger charge is -2.29. The number of amides is 1. The first-order chi connectivity index (χ1) is 13.0. The summed E-state index contributed by atoms with van der Waals surface area (Å²) < 4.78 is 5.56. The van der Waals surface area contributed by atoms with Crippen LogP contribution in [0.15, 0.2) is 48.5 Å². The first-order valence-corrected chi connectivity index (χ1v) is 9.23. The normalized spacial score (nSPS) is 14.4. The van der Waals surface area contributed by atoms with Gasteiger partial charge in [0.2, 0.25) is 0 Å². The fourth-order valence-electron chi connectivity index (χ4n) is 3.02. The summed E-state index contributed by atoms with van der Waals surface area (Å²) >= 11 is 6.03. The summed E-state index contributed by atoms with van der Waals surface area (Å²) in [6.07, 6.45) is 2.27. The Morgan fingerprint density at radius 1 is 1.30 bits per heavy atom. The summed E-state index contributed by atoms with van der Waals surface area (Å²) in [5, 5.41) is 10.9. The minimum Gasteiger partial charge on any atom is -0.482 e. The Balaban J connectivity index is 1.68. The lowest BCUT2D eigenvalue weighted by atomic mass is 10.1. The van der Waals surface area contributed by atoms with Crippen molar-refractivity contribution >= 4 is 23.2 Å². The highest BCUT2D eigenvalue weighted by atomic mass is 35.5. The van der Waals surface area contributed by atoms with Crippen LogP contribution in [0.25, 0.3) is 0 Å². The predicted octanol–water partition coefficient (Wildman–Crippen LogP) is 4.45. The molecule has 0 radical (unpaired) electrons. The van der Waals surface area contributed by atoms with E-state index in [2.05, 4.69) is 6.92 Å². The molecule has 0 saturated heterocycles. The van der Waals surface area contributed by atoms with Crippen LogP contribution in [0.1, 0.15) is 25.3 Å². The van der Waals surface area contributed by atoms with Crippen molar-refractivity contribution in [2.24, 2.45) is 5.92 Å². The van der Waals surface area contributed by atoms with E-state index < -0.39 is 4.92 Å². The zero-order valence-corrected chi connectivity index (χ0v) is 15.8. The van der Waals surface area contributed by atoms with Crippen molar-refractivity contribution in [3.05, 3.63) is 69.2 Å². The number of nitro groups is 1. The van der Waals surface area contributed by atoms with Crippen molar-refractivity contribution in [1.29, 1.82) is 0 Å². The molecule has 0 N–H and O–H groups in total.